The summed E-state index contributed by atoms with van der Waals surface area (Å²) in [5.41, 5.74) is 8.40. The molecule has 1 aromatic rings. The average molecular weight is 148 g/mol. The first kappa shape index (κ1) is 6.65. The first-order valence-electron chi connectivity index (χ1n) is 4.02. The zero-order valence-corrected chi connectivity index (χ0v) is 6.67. The molecule has 1 aliphatic carbocycles. The lowest BCUT2D eigenvalue weighted by atomic mass is 10.1. The summed E-state index contributed by atoms with van der Waals surface area (Å²) in [6.45, 7) is 2.24. The van der Waals surface area contributed by atoms with Gasteiger partial charge in [0.25, 0.3) is 0 Å². The normalized spacial score (nSPS) is 21.7. The van der Waals surface area contributed by atoms with Gasteiger partial charge in [0.15, 0.2) is 0 Å². The first-order valence-corrected chi connectivity index (χ1v) is 4.02. The lowest BCUT2D eigenvalue weighted by Crippen LogP contribution is -1.96. The highest BCUT2D eigenvalue weighted by Gasteiger charge is 2.20. The Morgan fingerprint density at radius 2 is 2.45 bits per heavy atom. The van der Waals surface area contributed by atoms with Gasteiger partial charge in [-0.3, -0.25) is 0 Å². The van der Waals surface area contributed by atoms with Crippen molar-refractivity contribution in [1.29, 1.82) is 0 Å². The van der Waals surface area contributed by atoms with Crippen LogP contribution in [0.5, 0.6) is 0 Å². The number of nitrogen functional groups attached to an aromatic ring is 1. The van der Waals surface area contributed by atoms with Crippen LogP contribution in [0.25, 0.3) is 0 Å². The van der Waals surface area contributed by atoms with Crippen LogP contribution in [0.15, 0.2) is 12.3 Å². The van der Waals surface area contributed by atoms with E-state index in [0.717, 1.165) is 12.2 Å². The van der Waals surface area contributed by atoms with Crippen LogP contribution in [0.1, 0.15) is 30.4 Å². The summed E-state index contributed by atoms with van der Waals surface area (Å²) in [5, 5.41) is 0. The molecule has 1 heterocycles. The quantitative estimate of drug-likeness (QED) is 0.608. The fraction of sp³-hybridized carbons (Fsp3) is 0.444. The fourth-order valence-corrected chi connectivity index (χ4v) is 1.77. The second-order valence-corrected chi connectivity index (χ2v) is 3.20. The summed E-state index contributed by atoms with van der Waals surface area (Å²) in [5.74, 6) is 1.40. The van der Waals surface area contributed by atoms with E-state index in [1.807, 2.05) is 0 Å². The van der Waals surface area contributed by atoms with Gasteiger partial charge < -0.3 is 5.73 Å². The van der Waals surface area contributed by atoms with E-state index in [0.29, 0.717) is 5.92 Å². The van der Waals surface area contributed by atoms with Gasteiger partial charge in [-0.15, -0.1) is 0 Å². The third-order valence-electron chi connectivity index (χ3n) is 2.48. The number of nitrogens with zero attached hydrogens (tertiary/aromatic N) is 1. The van der Waals surface area contributed by atoms with Crippen molar-refractivity contribution >= 4 is 5.82 Å². The number of pyridine rings is 1. The minimum Gasteiger partial charge on any atom is -0.383 e. The van der Waals surface area contributed by atoms with Gasteiger partial charge in [-0.25, -0.2) is 4.98 Å². The van der Waals surface area contributed by atoms with Crippen molar-refractivity contribution in [2.75, 3.05) is 5.73 Å². The molecule has 0 bridgehead atoms. The molecule has 0 fully saturated rings. The van der Waals surface area contributed by atoms with E-state index in [2.05, 4.69) is 18.0 Å². The largest absolute Gasteiger partial charge is 0.383 e. The SMILES string of the molecule is C[C@@H]1CCc2c1ccnc2N. The fourth-order valence-electron chi connectivity index (χ4n) is 1.77. The molecule has 0 aliphatic heterocycles. The highest BCUT2D eigenvalue weighted by atomic mass is 14.8. The maximum Gasteiger partial charge on any atom is 0.126 e. The number of anilines is 1. The smallest absolute Gasteiger partial charge is 0.126 e. The van der Waals surface area contributed by atoms with Crippen molar-refractivity contribution in [2.24, 2.45) is 0 Å². The van der Waals surface area contributed by atoms with E-state index >= 15 is 0 Å². The molecule has 0 spiro atoms. The molecule has 58 valence electrons. The minimum atomic E-state index is 0.676. The Hall–Kier alpha value is -1.05. The van der Waals surface area contributed by atoms with Crippen LogP contribution < -0.4 is 5.73 Å². The number of aromatic nitrogens is 1. The summed E-state index contributed by atoms with van der Waals surface area (Å²) < 4.78 is 0. The lowest BCUT2D eigenvalue weighted by Gasteiger charge is -2.03. The van der Waals surface area contributed by atoms with E-state index in [9.17, 15) is 0 Å². The molecule has 0 aromatic carbocycles. The molecule has 0 amide bonds. The van der Waals surface area contributed by atoms with Crippen LogP contribution in [-0.2, 0) is 6.42 Å². The van der Waals surface area contributed by atoms with Crippen LogP contribution >= 0.6 is 0 Å². The van der Waals surface area contributed by atoms with Gasteiger partial charge in [-0.1, -0.05) is 6.92 Å². The molecule has 0 saturated carbocycles. The minimum absolute atomic E-state index is 0.676. The van der Waals surface area contributed by atoms with Crippen LogP contribution in [0.4, 0.5) is 5.82 Å². The van der Waals surface area contributed by atoms with Crippen molar-refractivity contribution < 1.29 is 0 Å². The monoisotopic (exact) mass is 148 g/mol. The number of hydrogen-bond donors (Lipinski definition) is 1. The molecule has 11 heavy (non-hydrogen) atoms. The van der Waals surface area contributed by atoms with Crippen LogP contribution in [-0.4, -0.2) is 4.98 Å². The average Bonchev–Trinajstić information content (AvgIpc) is 2.35. The molecule has 2 nitrogen and oxygen atoms in total. The van der Waals surface area contributed by atoms with Crippen molar-refractivity contribution in [3.8, 4) is 0 Å². The zero-order chi connectivity index (χ0) is 7.84. The Morgan fingerprint density at radius 1 is 1.64 bits per heavy atom. The zero-order valence-electron chi connectivity index (χ0n) is 6.67. The Morgan fingerprint density at radius 3 is 3.18 bits per heavy atom. The number of fused-ring (bicyclic) bond motifs is 1. The van der Waals surface area contributed by atoms with Gasteiger partial charge in [0.05, 0.1) is 0 Å². The third kappa shape index (κ3) is 0.897. The van der Waals surface area contributed by atoms with Crippen molar-refractivity contribution in [3.63, 3.8) is 0 Å². The van der Waals surface area contributed by atoms with E-state index in [4.69, 9.17) is 5.73 Å². The number of nitrogens with two attached hydrogens (primary N) is 1. The molecule has 2 N–H and O–H groups in total. The molecular weight excluding hydrogens is 136 g/mol. The summed E-state index contributed by atoms with van der Waals surface area (Å²) in [4.78, 5) is 4.06. The first-order chi connectivity index (χ1) is 5.29. The van der Waals surface area contributed by atoms with Crippen molar-refractivity contribution in [2.45, 2.75) is 25.7 Å². The Labute approximate surface area is 66.4 Å². The molecule has 1 aromatic heterocycles. The van der Waals surface area contributed by atoms with Gasteiger partial charge in [-0.2, -0.15) is 0 Å². The second-order valence-electron chi connectivity index (χ2n) is 3.20. The summed E-state index contributed by atoms with van der Waals surface area (Å²) in [6.07, 6.45) is 4.14. The Bertz CT molecular complexity index is 281. The Balaban J connectivity index is 2.57. The van der Waals surface area contributed by atoms with Crippen molar-refractivity contribution in [3.05, 3.63) is 23.4 Å². The van der Waals surface area contributed by atoms with Gasteiger partial charge >= 0.3 is 0 Å². The van der Waals surface area contributed by atoms with Gasteiger partial charge in [0.1, 0.15) is 5.82 Å². The van der Waals surface area contributed by atoms with E-state index in [1.165, 1.54) is 17.5 Å². The van der Waals surface area contributed by atoms with E-state index < -0.39 is 0 Å². The summed E-state index contributed by atoms with van der Waals surface area (Å²) >= 11 is 0. The number of hydrogen-bond acceptors (Lipinski definition) is 2. The second kappa shape index (κ2) is 2.22. The maximum atomic E-state index is 5.72. The molecule has 2 rings (SSSR count). The van der Waals surface area contributed by atoms with Gasteiger partial charge in [0.2, 0.25) is 0 Å². The predicted octanol–water partition coefficient (Wildman–Crippen LogP) is 1.71. The van der Waals surface area contributed by atoms with E-state index in [1.54, 1.807) is 6.20 Å². The summed E-state index contributed by atoms with van der Waals surface area (Å²) in [6, 6.07) is 2.09. The molecule has 1 aliphatic rings. The lowest BCUT2D eigenvalue weighted by molar-refractivity contribution is 0.747. The van der Waals surface area contributed by atoms with Gasteiger partial charge in [0, 0.05) is 6.20 Å². The third-order valence-corrected chi connectivity index (χ3v) is 2.48. The highest BCUT2D eigenvalue weighted by molar-refractivity contribution is 5.48. The molecule has 0 unspecified atom stereocenters. The number of rotatable bonds is 0. The van der Waals surface area contributed by atoms with Crippen LogP contribution in [0, 0.1) is 0 Å². The van der Waals surface area contributed by atoms with Crippen LogP contribution in [0.2, 0.25) is 0 Å². The molecule has 1 atom stereocenters. The Kier molecular flexibility index (Phi) is 1.34. The molecule has 0 radical (unpaired) electrons. The van der Waals surface area contributed by atoms with Crippen LogP contribution in [0.3, 0.4) is 0 Å². The molecular formula is C9H12N2. The van der Waals surface area contributed by atoms with Crippen molar-refractivity contribution in [1.82, 2.24) is 4.98 Å². The molecule has 2 heteroatoms. The standard InChI is InChI=1S/C9H12N2/c1-6-2-3-8-7(6)4-5-11-9(8)10/h4-6H,2-3H2,1H3,(H2,10,11)/t6-/m1/s1. The summed E-state index contributed by atoms with van der Waals surface area (Å²) in [7, 11) is 0. The van der Waals surface area contributed by atoms with Gasteiger partial charge in [-0.05, 0) is 36.0 Å². The molecule has 0 saturated heterocycles. The predicted molar refractivity (Wildman–Crippen MR) is 45.4 cm³/mol. The topological polar surface area (TPSA) is 38.9 Å². The van der Waals surface area contributed by atoms with E-state index in [-0.39, 0.29) is 0 Å². The highest BCUT2D eigenvalue weighted by Crippen LogP contribution is 2.34. The maximum absolute atomic E-state index is 5.72.